The second-order valence-electron chi connectivity index (χ2n) is 6.69. The average molecular weight is 397 g/mol. The molecule has 0 bridgehead atoms. The molecule has 29 heavy (non-hydrogen) atoms. The van der Waals surface area contributed by atoms with Crippen molar-refractivity contribution in [3.8, 4) is 0 Å². The lowest BCUT2D eigenvalue weighted by atomic mass is 10.2. The first-order chi connectivity index (χ1) is 14.3. The Morgan fingerprint density at radius 3 is 1.38 bits per heavy atom. The summed E-state index contributed by atoms with van der Waals surface area (Å²) in [5.41, 5.74) is 0.611. The number of benzene rings is 4. The summed E-state index contributed by atoms with van der Waals surface area (Å²) >= 11 is 0. The summed E-state index contributed by atoms with van der Waals surface area (Å²) in [6, 6.07) is 39.3. The topological polar surface area (TPSA) is 26.3 Å². The van der Waals surface area contributed by atoms with E-state index in [0.717, 1.165) is 5.30 Å². The Labute approximate surface area is 172 Å². The molecule has 142 valence electrons. The summed E-state index contributed by atoms with van der Waals surface area (Å²) in [6.07, 6.45) is 0. The summed E-state index contributed by atoms with van der Waals surface area (Å²) in [7, 11) is -0.874. The highest BCUT2D eigenvalue weighted by Crippen LogP contribution is 2.54. The van der Waals surface area contributed by atoms with Crippen molar-refractivity contribution >= 4 is 34.4 Å². The third kappa shape index (κ3) is 3.37. The number of methoxy groups -OCH3 is 1. The van der Waals surface area contributed by atoms with E-state index >= 15 is 0 Å². The van der Waals surface area contributed by atoms with Crippen molar-refractivity contribution in [2.45, 2.75) is 0 Å². The fourth-order valence-electron chi connectivity index (χ4n) is 3.87. The molecule has 0 amide bonds. The lowest BCUT2D eigenvalue weighted by Crippen LogP contribution is -2.40. The molecule has 4 rings (SSSR count). The van der Waals surface area contributed by atoms with Crippen LogP contribution in [0.25, 0.3) is 0 Å². The monoisotopic (exact) mass is 397 g/mol. The lowest BCUT2D eigenvalue weighted by Gasteiger charge is -2.28. The van der Waals surface area contributed by atoms with Crippen LogP contribution in [-0.4, -0.2) is 13.1 Å². The minimum absolute atomic E-state index is 0.312. The molecule has 0 spiro atoms. The molecule has 0 aliphatic rings. The average Bonchev–Trinajstić information content (AvgIpc) is 2.82. The Morgan fingerprint density at radius 2 is 0.966 bits per heavy atom. The highest BCUT2D eigenvalue weighted by molar-refractivity contribution is 8.01. The van der Waals surface area contributed by atoms with Gasteiger partial charge in [-0.15, -0.1) is 0 Å². The molecule has 0 fully saturated rings. The highest BCUT2D eigenvalue weighted by Gasteiger charge is 2.49. The van der Waals surface area contributed by atoms with Crippen molar-refractivity contribution in [1.29, 1.82) is 0 Å². The summed E-state index contributed by atoms with van der Waals surface area (Å²) in [4.78, 5) is 12.8. The van der Waals surface area contributed by atoms with Gasteiger partial charge < -0.3 is 4.74 Å². The molecule has 0 radical (unpaired) electrons. The molecular weight excluding hydrogens is 375 g/mol. The number of rotatable bonds is 5. The van der Waals surface area contributed by atoms with Gasteiger partial charge in [-0.05, 0) is 48.5 Å². The van der Waals surface area contributed by atoms with Gasteiger partial charge in [-0.25, -0.2) is 4.79 Å². The van der Waals surface area contributed by atoms with Crippen molar-refractivity contribution < 1.29 is 9.53 Å². The SMILES string of the molecule is COC(=O)c1ccccc1[P+](c1ccccc1)(c1ccccc1)c1ccccc1. The third-order valence-corrected chi connectivity index (χ3v) is 9.43. The molecule has 0 saturated heterocycles. The molecule has 4 aromatic rings. The van der Waals surface area contributed by atoms with E-state index in [2.05, 4.69) is 78.9 Å². The molecule has 0 unspecified atom stereocenters. The van der Waals surface area contributed by atoms with Gasteiger partial charge in [0, 0.05) is 0 Å². The first-order valence-corrected chi connectivity index (χ1v) is 11.3. The van der Waals surface area contributed by atoms with Gasteiger partial charge in [-0.2, -0.15) is 0 Å². The van der Waals surface area contributed by atoms with E-state index in [1.54, 1.807) is 0 Å². The van der Waals surface area contributed by atoms with E-state index in [1.165, 1.54) is 23.0 Å². The van der Waals surface area contributed by atoms with Gasteiger partial charge in [0.2, 0.25) is 0 Å². The molecule has 2 nitrogen and oxygen atoms in total. The van der Waals surface area contributed by atoms with Crippen molar-refractivity contribution in [3.05, 3.63) is 121 Å². The van der Waals surface area contributed by atoms with Crippen LogP contribution in [0.2, 0.25) is 0 Å². The highest BCUT2D eigenvalue weighted by atomic mass is 31.2. The maximum Gasteiger partial charge on any atom is 0.341 e. The second kappa shape index (κ2) is 8.43. The Balaban J connectivity index is 2.18. The summed E-state index contributed by atoms with van der Waals surface area (Å²) in [5.74, 6) is -0.312. The Kier molecular flexibility index (Phi) is 5.55. The van der Waals surface area contributed by atoms with Crippen LogP contribution < -0.4 is 21.2 Å². The standard InChI is InChI=1S/C26H22O2P/c1-28-26(27)24-19-11-12-20-25(24)29(21-13-5-2-6-14-21,22-15-7-3-8-16-22)23-17-9-4-10-18-23/h2-20H,1H3/q+1. The maximum atomic E-state index is 12.8. The van der Waals surface area contributed by atoms with Crippen LogP contribution in [0.5, 0.6) is 0 Å². The predicted molar refractivity (Wildman–Crippen MR) is 123 cm³/mol. The van der Waals surface area contributed by atoms with Gasteiger partial charge in [-0.1, -0.05) is 66.7 Å². The zero-order valence-corrected chi connectivity index (χ0v) is 17.1. The molecule has 4 aromatic carbocycles. The first kappa shape index (κ1) is 19.1. The molecule has 0 atom stereocenters. The van der Waals surface area contributed by atoms with E-state index in [9.17, 15) is 4.79 Å². The molecule has 0 aliphatic carbocycles. The van der Waals surface area contributed by atoms with Crippen LogP contribution in [0.15, 0.2) is 115 Å². The van der Waals surface area contributed by atoms with E-state index in [-0.39, 0.29) is 5.97 Å². The number of carbonyl (C=O) groups is 1. The molecular formula is C26H22O2P+. The van der Waals surface area contributed by atoms with Crippen LogP contribution in [0.4, 0.5) is 0 Å². The fraction of sp³-hybridized carbons (Fsp3) is 0.0385. The van der Waals surface area contributed by atoms with E-state index in [0.29, 0.717) is 5.56 Å². The summed E-state index contributed by atoms with van der Waals surface area (Å²) in [5, 5.41) is 4.62. The van der Waals surface area contributed by atoms with Crippen molar-refractivity contribution in [1.82, 2.24) is 0 Å². The van der Waals surface area contributed by atoms with Crippen LogP contribution in [0, 0.1) is 0 Å². The van der Waals surface area contributed by atoms with E-state index in [4.69, 9.17) is 4.74 Å². The minimum atomic E-state index is -2.31. The van der Waals surface area contributed by atoms with Gasteiger partial charge in [0.15, 0.2) is 0 Å². The number of hydrogen-bond donors (Lipinski definition) is 0. The quantitative estimate of drug-likeness (QED) is 0.375. The van der Waals surface area contributed by atoms with Gasteiger partial charge in [0.25, 0.3) is 0 Å². The Hall–Kier alpha value is -3.22. The first-order valence-electron chi connectivity index (χ1n) is 9.52. The zero-order valence-electron chi connectivity index (χ0n) is 16.2. The lowest BCUT2D eigenvalue weighted by molar-refractivity contribution is 0.0602. The molecule has 3 heteroatoms. The number of esters is 1. The fourth-order valence-corrected chi connectivity index (χ4v) is 8.29. The van der Waals surface area contributed by atoms with Crippen LogP contribution >= 0.6 is 7.26 Å². The smallest absolute Gasteiger partial charge is 0.341 e. The molecule has 0 aliphatic heterocycles. The molecule has 0 heterocycles. The molecule has 0 aromatic heterocycles. The van der Waals surface area contributed by atoms with Gasteiger partial charge >= 0.3 is 5.97 Å². The van der Waals surface area contributed by atoms with Crippen LogP contribution in [0.1, 0.15) is 10.4 Å². The van der Waals surface area contributed by atoms with Gasteiger partial charge in [-0.3, -0.25) is 0 Å². The molecule has 0 saturated carbocycles. The predicted octanol–water partition coefficient (Wildman–Crippen LogP) is 4.09. The summed E-state index contributed by atoms with van der Waals surface area (Å²) in [6.45, 7) is 0. The largest absolute Gasteiger partial charge is 0.465 e. The summed E-state index contributed by atoms with van der Waals surface area (Å²) < 4.78 is 5.16. The Morgan fingerprint density at radius 1 is 0.586 bits per heavy atom. The third-order valence-electron chi connectivity index (χ3n) is 5.10. The maximum absolute atomic E-state index is 12.8. The normalized spacial score (nSPS) is 11.1. The van der Waals surface area contributed by atoms with Crippen LogP contribution in [-0.2, 0) is 4.74 Å². The van der Waals surface area contributed by atoms with E-state index < -0.39 is 7.26 Å². The Bertz CT molecular complexity index is 996. The number of ether oxygens (including phenoxy) is 1. The zero-order chi connectivity index (χ0) is 20.1. The van der Waals surface area contributed by atoms with Crippen molar-refractivity contribution in [3.63, 3.8) is 0 Å². The van der Waals surface area contributed by atoms with Gasteiger partial charge in [0.1, 0.15) is 34.0 Å². The van der Waals surface area contributed by atoms with Crippen molar-refractivity contribution in [2.24, 2.45) is 0 Å². The number of hydrogen-bond acceptors (Lipinski definition) is 2. The minimum Gasteiger partial charge on any atom is -0.465 e. The molecule has 0 N–H and O–H groups in total. The second-order valence-corrected chi connectivity index (χ2v) is 10.1. The van der Waals surface area contributed by atoms with Crippen LogP contribution in [0.3, 0.4) is 0 Å². The van der Waals surface area contributed by atoms with Crippen molar-refractivity contribution in [2.75, 3.05) is 7.11 Å². The van der Waals surface area contributed by atoms with Gasteiger partial charge in [0.05, 0.1) is 7.11 Å². The number of carbonyl (C=O) groups excluding carboxylic acids is 1. The van der Waals surface area contributed by atoms with E-state index in [1.807, 2.05) is 36.4 Å².